The summed E-state index contributed by atoms with van der Waals surface area (Å²) in [5.74, 6) is -1.56. The van der Waals surface area contributed by atoms with Crippen LogP contribution in [0.5, 0.6) is 0 Å². The van der Waals surface area contributed by atoms with E-state index in [0.717, 1.165) is 17.7 Å². The SMILES string of the molecule is CNC(C(=O)O)C(=O)N1CCc2ccccc21. The maximum atomic E-state index is 12.1. The minimum Gasteiger partial charge on any atom is -0.480 e. The Bertz CT molecular complexity index is 459. The molecule has 0 spiro atoms. The van der Waals surface area contributed by atoms with Gasteiger partial charge in [-0.25, -0.2) is 4.79 Å². The van der Waals surface area contributed by atoms with Gasteiger partial charge in [0.1, 0.15) is 0 Å². The highest BCUT2D eigenvalue weighted by Gasteiger charge is 2.33. The molecule has 0 saturated carbocycles. The fourth-order valence-electron chi connectivity index (χ4n) is 2.08. The van der Waals surface area contributed by atoms with E-state index in [1.807, 2.05) is 24.3 Å². The number of carbonyl (C=O) groups excluding carboxylic acids is 1. The van der Waals surface area contributed by atoms with Gasteiger partial charge < -0.3 is 10.0 Å². The average Bonchev–Trinajstić information content (AvgIpc) is 2.72. The number of carbonyl (C=O) groups is 2. The standard InChI is InChI=1S/C12H14N2O3/c1-13-10(12(16)17)11(15)14-7-6-8-4-2-3-5-9(8)14/h2-5,10,13H,6-7H2,1H3,(H,16,17). The first-order chi connectivity index (χ1) is 8.15. The van der Waals surface area contributed by atoms with Crippen LogP contribution in [0.1, 0.15) is 5.56 Å². The first-order valence-corrected chi connectivity index (χ1v) is 5.44. The van der Waals surface area contributed by atoms with Crippen molar-refractivity contribution in [2.24, 2.45) is 0 Å². The zero-order valence-corrected chi connectivity index (χ0v) is 9.51. The molecule has 1 aromatic carbocycles. The summed E-state index contributed by atoms with van der Waals surface area (Å²) < 4.78 is 0. The van der Waals surface area contributed by atoms with E-state index in [1.165, 1.54) is 11.9 Å². The Hall–Kier alpha value is -1.88. The number of hydrogen-bond donors (Lipinski definition) is 2. The van der Waals surface area contributed by atoms with Crippen LogP contribution < -0.4 is 10.2 Å². The molecule has 5 heteroatoms. The van der Waals surface area contributed by atoms with E-state index in [0.29, 0.717) is 6.54 Å². The molecule has 1 unspecified atom stereocenters. The molecule has 5 nitrogen and oxygen atoms in total. The fourth-order valence-corrected chi connectivity index (χ4v) is 2.08. The number of nitrogens with zero attached hydrogens (tertiary/aromatic N) is 1. The Balaban J connectivity index is 2.26. The van der Waals surface area contributed by atoms with E-state index in [9.17, 15) is 9.59 Å². The Morgan fingerprint density at radius 2 is 2.12 bits per heavy atom. The van der Waals surface area contributed by atoms with E-state index in [1.54, 1.807) is 0 Å². The number of amides is 1. The highest BCUT2D eigenvalue weighted by molar-refractivity contribution is 6.09. The van der Waals surface area contributed by atoms with Gasteiger partial charge in [0.05, 0.1) is 0 Å². The molecule has 2 rings (SSSR count). The summed E-state index contributed by atoms with van der Waals surface area (Å²) in [6.45, 7) is 0.545. The molecule has 0 saturated heterocycles. The topological polar surface area (TPSA) is 69.6 Å². The maximum Gasteiger partial charge on any atom is 0.330 e. The molecular weight excluding hydrogens is 220 g/mol. The van der Waals surface area contributed by atoms with Crippen LogP contribution in [0.2, 0.25) is 0 Å². The second-order valence-corrected chi connectivity index (χ2v) is 3.93. The number of nitrogens with one attached hydrogen (secondary N) is 1. The lowest BCUT2D eigenvalue weighted by atomic mass is 10.2. The number of fused-ring (bicyclic) bond motifs is 1. The quantitative estimate of drug-likeness (QED) is 0.735. The summed E-state index contributed by atoms with van der Waals surface area (Å²) in [6, 6.07) is 6.38. The largest absolute Gasteiger partial charge is 0.480 e. The zero-order chi connectivity index (χ0) is 12.4. The van der Waals surface area contributed by atoms with E-state index in [2.05, 4.69) is 5.32 Å². The van der Waals surface area contributed by atoms with Crippen molar-refractivity contribution in [3.63, 3.8) is 0 Å². The van der Waals surface area contributed by atoms with Gasteiger partial charge in [-0.3, -0.25) is 10.1 Å². The highest BCUT2D eigenvalue weighted by atomic mass is 16.4. The van der Waals surface area contributed by atoms with Crippen molar-refractivity contribution >= 4 is 17.6 Å². The minimum absolute atomic E-state index is 0.412. The van der Waals surface area contributed by atoms with Crippen molar-refractivity contribution in [1.29, 1.82) is 0 Å². The van der Waals surface area contributed by atoms with Crippen LogP contribution in [0.4, 0.5) is 5.69 Å². The number of hydrogen-bond acceptors (Lipinski definition) is 3. The van der Waals surface area contributed by atoms with Gasteiger partial charge in [0.15, 0.2) is 6.04 Å². The Morgan fingerprint density at radius 3 is 2.76 bits per heavy atom. The zero-order valence-electron chi connectivity index (χ0n) is 9.51. The molecule has 0 bridgehead atoms. The minimum atomic E-state index is -1.18. The fraction of sp³-hybridized carbons (Fsp3) is 0.333. The van der Waals surface area contributed by atoms with Crippen molar-refractivity contribution in [1.82, 2.24) is 5.32 Å². The lowest BCUT2D eigenvalue weighted by Crippen LogP contribution is -2.49. The van der Waals surface area contributed by atoms with Crippen molar-refractivity contribution in [3.8, 4) is 0 Å². The third kappa shape index (κ3) is 2.01. The first kappa shape index (κ1) is 11.6. The highest BCUT2D eigenvalue weighted by Crippen LogP contribution is 2.27. The van der Waals surface area contributed by atoms with Gasteiger partial charge >= 0.3 is 5.97 Å². The van der Waals surface area contributed by atoms with E-state index < -0.39 is 17.9 Å². The third-order valence-electron chi connectivity index (χ3n) is 2.94. The van der Waals surface area contributed by atoms with Gasteiger partial charge in [-0.1, -0.05) is 18.2 Å². The van der Waals surface area contributed by atoms with Gasteiger partial charge in [-0.15, -0.1) is 0 Å². The molecule has 2 N–H and O–H groups in total. The molecule has 0 aliphatic carbocycles. The van der Waals surface area contributed by atoms with E-state index in [-0.39, 0.29) is 0 Å². The number of benzene rings is 1. The van der Waals surface area contributed by atoms with Crippen LogP contribution in [0.15, 0.2) is 24.3 Å². The summed E-state index contributed by atoms with van der Waals surface area (Å²) in [5, 5.41) is 11.5. The number of aliphatic carboxylic acids is 1. The van der Waals surface area contributed by atoms with Gasteiger partial charge in [-0.05, 0) is 25.1 Å². The second kappa shape index (κ2) is 4.55. The average molecular weight is 234 g/mol. The van der Waals surface area contributed by atoms with Crippen LogP contribution in [0, 0.1) is 0 Å². The molecule has 0 radical (unpaired) electrons. The molecular formula is C12H14N2O3. The predicted molar refractivity (Wildman–Crippen MR) is 63.0 cm³/mol. The lowest BCUT2D eigenvalue weighted by molar-refractivity contribution is -0.143. The molecule has 1 atom stereocenters. The smallest absolute Gasteiger partial charge is 0.330 e. The summed E-state index contributed by atoms with van der Waals surface area (Å²) >= 11 is 0. The molecule has 0 aromatic heterocycles. The summed E-state index contributed by atoms with van der Waals surface area (Å²) in [6.07, 6.45) is 0.776. The number of rotatable bonds is 3. The molecule has 1 heterocycles. The molecule has 17 heavy (non-hydrogen) atoms. The van der Waals surface area contributed by atoms with Crippen LogP contribution >= 0.6 is 0 Å². The molecule has 0 fully saturated rings. The number of likely N-dealkylation sites (N-methyl/N-ethyl adjacent to an activating group) is 1. The molecule has 1 aliphatic heterocycles. The number of carboxylic acid groups (broad SMARTS) is 1. The summed E-state index contributed by atoms with van der Waals surface area (Å²) in [5.41, 5.74) is 1.90. The van der Waals surface area contributed by atoms with Crippen LogP contribution in [-0.2, 0) is 16.0 Å². The van der Waals surface area contributed by atoms with Gasteiger partial charge in [0, 0.05) is 12.2 Å². The van der Waals surface area contributed by atoms with Gasteiger partial charge in [0.2, 0.25) is 0 Å². The second-order valence-electron chi connectivity index (χ2n) is 3.93. The van der Waals surface area contributed by atoms with E-state index in [4.69, 9.17) is 5.11 Å². The first-order valence-electron chi connectivity index (χ1n) is 5.44. The van der Waals surface area contributed by atoms with Crippen LogP contribution in [-0.4, -0.2) is 36.6 Å². The monoisotopic (exact) mass is 234 g/mol. The van der Waals surface area contributed by atoms with Crippen molar-refractivity contribution in [3.05, 3.63) is 29.8 Å². The number of para-hydroxylation sites is 1. The number of carboxylic acids is 1. The summed E-state index contributed by atoms with van der Waals surface area (Å²) in [4.78, 5) is 24.5. The Kier molecular flexibility index (Phi) is 3.10. The summed E-state index contributed by atoms with van der Waals surface area (Å²) in [7, 11) is 1.47. The van der Waals surface area contributed by atoms with Crippen LogP contribution in [0.25, 0.3) is 0 Å². The Morgan fingerprint density at radius 1 is 1.41 bits per heavy atom. The normalized spacial score (nSPS) is 15.5. The predicted octanol–water partition coefficient (Wildman–Crippen LogP) is 0.248. The van der Waals surface area contributed by atoms with Crippen LogP contribution in [0.3, 0.4) is 0 Å². The molecule has 1 amide bonds. The molecule has 1 aromatic rings. The van der Waals surface area contributed by atoms with Gasteiger partial charge in [-0.2, -0.15) is 0 Å². The molecule has 1 aliphatic rings. The van der Waals surface area contributed by atoms with E-state index >= 15 is 0 Å². The molecule has 90 valence electrons. The maximum absolute atomic E-state index is 12.1. The van der Waals surface area contributed by atoms with Crippen molar-refractivity contribution < 1.29 is 14.7 Å². The van der Waals surface area contributed by atoms with Crippen molar-refractivity contribution in [2.75, 3.05) is 18.5 Å². The van der Waals surface area contributed by atoms with Gasteiger partial charge in [0.25, 0.3) is 5.91 Å². The lowest BCUT2D eigenvalue weighted by Gasteiger charge is -2.21. The number of anilines is 1. The third-order valence-corrected chi connectivity index (χ3v) is 2.94. The van der Waals surface area contributed by atoms with Crippen molar-refractivity contribution in [2.45, 2.75) is 12.5 Å². The Labute approximate surface area is 99.0 Å².